The maximum Gasteiger partial charge on any atom is 0.312 e. The summed E-state index contributed by atoms with van der Waals surface area (Å²) >= 11 is 6.01. The minimum absolute atomic E-state index is 0.00271. The average molecular weight is 465 g/mol. The zero-order chi connectivity index (χ0) is 23.6. The maximum atomic E-state index is 15.0. The Hall–Kier alpha value is -3.49. The molecule has 0 radical (unpaired) electrons. The second-order valence-electron chi connectivity index (χ2n) is 7.26. The number of methoxy groups -OCH3 is 1. The lowest BCUT2D eigenvalue weighted by Crippen LogP contribution is -2.53. The van der Waals surface area contributed by atoms with E-state index in [4.69, 9.17) is 33.1 Å². The lowest BCUT2D eigenvalue weighted by atomic mass is 9.85. The van der Waals surface area contributed by atoms with Crippen LogP contribution in [0.15, 0.2) is 24.4 Å². The number of hydrogen-bond donors (Lipinski definition) is 4. The number of alkyl halides is 1. The van der Waals surface area contributed by atoms with Crippen molar-refractivity contribution in [3.63, 3.8) is 0 Å². The zero-order valence-corrected chi connectivity index (χ0v) is 17.5. The predicted molar refractivity (Wildman–Crippen MR) is 111 cm³/mol. The number of nitrogens with two attached hydrogens (primary N) is 2. The monoisotopic (exact) mass is 464 g/mol. The van der Waals surface area contributed by atoms with Crippen molar-refractivity contribution in [2.45, 2.75) is 18.0 Å². The van der Waals surface area contributed by atoms with Crippen LogP contribution in [0.2, 0.25) is 5.02 Å². The quantitative estimate of drug-likeness (QED) is 0.492. The van der Waals surface area contributed by atoms with Crippen LogP contribution in [0, 0.1) is 23.1 Å². The number of urea groups is 1. The highest BCUT2D eigenvalue weighted by Gasteiger charge is 2.54. The molecular formula is C20H19ClF2N6O3. The van der Waals surface area contributed by atoms with Crippen LogP contribution in [0.25, 0.3) is 0 Å². The SMILES string of the molecule is COc1cc(C#N)cnc1C(=O)Nc1cc(Cl)c(F)c([C@@](CF)(NC(N)=O)[C@H]2C[C@H]2N)c1. The first-order valence-corrected chi connectivity index (χ1v) is 9.68. The van der Waals surface area contributed by atoms with Crippen LogP contribution < -0.4 is 26.8 Å². The number of carbonyl (C=O) groups excluding carboxylic acids is 2. The molecule has 9 nitrogen and oxygen atoms in total. The number of amides is 3. The van der Waals surface area contributed by atoms with Gasteiger partial charge in [0.2, 0.25) is 0 Å². The van der Waals surface area contributed by atoms with E-state index < -0.39 is 47.0 Å². The molecule has 168 valence electrons. The van der Waals surface area contributed by atoms with Crippen molar-refractivity contribution in [3.8, 4) is 11.8 Å². The molecule has 1 saturated carbocycles. The molecule has 0 saturated heterocycles. The number of nitrogens with zero attached hydrogens (tertiary/aromatic N) is 2. The Balaban J connectivity index is 2.03. The van der Waals surface area contributed by atoms with Crippen LogP contribution in [0.1, 0.15) is 28.0 Å². The third-order valence-electron chi connectivity index (χ3n) is 5.21. The van der Waals surface area contributed by atoms with Crippen molar-refractivity contribution in [2.24, 2.45) is 17.4 Å². The van der Waals surface area contributed by atoms with E-state index in [9.17, 15) is 18.4 Å². The third-order valence-corrected chi connectivity index (χ3v) is 5.49. The minimum Gasteiger partial charge on any atom is -0.494 e. The minimum atomic E-state index is -1.86. The molecule has 6 N–H and O–H groups in total. The van der Waals surface area contributed by atoms with E-state index in [1.807, 2.05) is 6.07 Å². The molecule has 1 fully saturated rings. The lowest BCUT2D eigenvalue weighted by molar-refractivity contribution is 0.101. The molecule has 3 amide bonds. The molecule has 12 heteroatoms. The summed E-state index contributed by atoms with van der Waals surface area (Å²) < 4.78 is 34.4. The van der Waals surface area contributed by atoms with Crippen LogP contribution in [0.3, 0.4) is 0 Å². The van der Waals surface area contributed by atoms with Crippen molar-refractivity contribution < 1.29 is 23.1 Å². The molecule has 1 aromatic carbocycles. The van der Waals surface area contributed by atoms with E-state index in [1.54, 1.807) is 0 Å². The molecule has 1 aromatic heterocycles. The average Bonchev–Trinajstić information content (AvgIpc) is 3.50. The Kier molecular flexibility index (Phi) is 6.47. The molecule has 1 aliphatic rings. The predicted octanol–water partition coefficient (Wildman–Crippen LogP) is 2.19. The summed E-state index contributed by atoms with van der Waals surface area (Å²) in [5.74, 6) is -2.33. The highest BCUT2D eigenvalue weighted by atomic mass is 35.5. The first kappa shape index (κ1) is 23.2. The highest BCUT2D eigenvalue weighted by molar-refractivity contribution is 6.31. The van der Waals surface area contributed by atoms with E-state index in [-0.39, 0.29) is 28.3 Å². The van der Waals surface area contributed by atoms with Crippen molar-refractivity contribution in [1.82, 2.24) is 10.3 Å². The summed E-state index contributed by atoms with van der Waals surface area (Å²) in [5.41, 5.74) is 8.93. The van der Waals surface area contributed by atoms with Gasteiger partial charge in [-0.2, -0.15) is 5.26 Å². The molecule has 0 aliphatic heterocycles. The topological polar surface area (TPSA) is 156 Å². The van der Waals surface area contributed by atoms with Gasteiger partial charge in [-0.1, -0.05) is 11.6 Å². The number of pyridine rings is 1. The van der Waals surface area contributed by atoms with Gasteiger partial charge < -0.3 is 26.8 Å². The van der Waals surface area contributed by atoms with Gasteiger partial charge in [-0.3, -0.25) is 4.79 Å². The zero-order valence-electron chi connectivity index (χ0n) is 16.8. The normalized spacial score (nSPS) is 18.8. The van der Waals surface area contributed by atoms with Gasteiger partial charge in [0.15, 0.2) is 11.4 Å². The fraction of sp³-hybridized carbons (Fsp3) is 0.300. The number of nitriles is 1. The summed E-state index contributed by atoms with van der Waals surface area (Å²) in [7, 11) is 1.30. The van der Waals surface area contributed by atoms with Gasteiger partial charge in [0.1, 0.15) is 24.1 Å². The summed E-state index contributed by atoms with van der Waals surface area (Å²) in [4.78, 5) is 28.2. The van der Waals surface area contributed by atoms with Gasteiger partial charge in [-0.25, -0.2) is 18.6 Å². The number of anilines is 1. The fourth-order valence-electron chi connectivity index (χ4n) is 3.57. The largest absolute Gasteiger partial charge is 0.494 e. The van der Waals surface area contributed by atoms with Crippen molar-refractivity contribution >= 4 is 29.2 Å². The Morgan fingerprint density at radius 1 is 1.44 bits per heavy atom. The molecule has 1 aliphatic carbocycles. The summed E-state index contributed by atoms with van der Waals surface area (Å²) in [6, 6.07) is 3.91. The number of hydrogen-bond acceptors (Lipinski definition) is 6. The number of ether oxygens (including phenoxy) is 1. The number of nitrogens with one attached hydrogen (secondary N) is 2. The molecule has 1 heterocycles. The van der Waals surface area contributed by atoms with Gasteiger partial charge in [0.25, 0.3) is 5.91 Å². The first-order chi connectivity index (χ1) is 15.2. The Morgan fingerprint density at radius 3 is 2.66 bits per heavy atom. The molecule has 0 unspecified atom stereocenters. The molecule has 32 heavy (non-hydrogen) atoms. The van der Waals surface area contributed by atoms with E-state index in [0.29, 0.717) is 6.42 Å². The second kappa shape index (κ2) is 8.94. The van der Waals surface area contributed by atoms with Gasteiger partial charge in [0.05, 0.1) is 17.7 Å². The van der Waals surface area contributed by atoms with E-state index in [0.717, 1.165) is 12.1 Å². The Labute approximate surface area is 186 Å². The van der Waals surface area contributed by atoms with E-state index in [2.05, 4.69) is 15.6 Å². The first-order valence-electron chi connectivity index (χ1n) is 9.31. The van der Waals surface area contributed by atoms with Gasteiger partial charge in [-0.05, 0) is 18.6 Å². The fourth-order valence-corrected chi connectivity index (χ4v) is 3.79. The third kappa shape index (κ3) is 4.28. The number of aromatic nitrogens is 1. The molecule has 0 spiro atoms. The molecule has 2 aromatic rings. The number of carbonyl (C=O) groups is 2. The van der Waals surface area contributed by atoms with Crippen LogP contribution >= 0.6 is 11.6 Å². The summed E-state index contributed by atoms with van der Waals surface area (Å²) in [5, 5.41) is 13.3. The number of primary amides is 1. The highest BCUT2D eigenvalue weighted by Crippen LogP contribution is 2.47. The van der Waals surface area contributed by atoms with Crippen molar-refractivity contribution in [2.75, 3.05) is 19.1 Å². The number of benzene rings is 1. The van der Waals surface area contributed by atoms with Gasteiger partial charge in [0, 0.05) is 35.5 Å². The smallest absolute Gasteiger partial charge is 0.312 e. The van der Waals surface area contributed by atoms with Crippen molar-refractivity contribution in [3.05, 3.63) is 52.1 Å². The molecule has 3 rings (SSSR count). The van der Waals surface area contributed by atoms with E-state index >= 15 is 0 Å². The second-order valence-corrected chi connectivity index (χ2v) is 7.67. The number of rotatable bonds is 7. The Morgan fingerprint density at radius 2 is 2.12 bits per heavy atom. The van der Waals surface area contributed by atoms with Gasteiger partial charge >= 0.3 is 6.03 Å². The van der Waals surface area contributed by atoms with E-state index in [1.165, 1.54) is 19.4 Å². The molecule has 0 bridgehead atoms. The Bertz CT molecular complexity index is 1130. The van der Waals surface area contributed by atoms with Crippen LogP contribution in [0.4, 0.5) is 19.3 Å². The van der Waals surface area contributed by atoms with Crippen LogP contribution in [0.5, 0.6) is 5.75 Å². The van der Waals surface area contributed by atoms with Crippen LogP contribution in [-0.4, -0.2) is 36.7 Å². The summed E-state index contributed by atoms with van der Waals surface area (Å²) in [6.07, 6.45) is 1.50. The maximum absolute atomic E-state index is 15.0. The standard InChI is InChI=1S/C20H19ClF2N6O3/c1-32-15-2-9(6-24)7-27-17(15)18(30)28-10-3-12(16(23)13(21)4-10)20(8-22,29-19(26)31)11-5-14(11)25/h2-4,7,11,14H,5,8,25H2,1H3,(H,28,30)(H3,26,29,31)/t11-,14+,20-/m0/s1. The van der Waals surface area contributed by atoms with Crippen LogP contribution in [-0.2, 0) is 5.54 Å². The van der Waals surface area contributed by atoms with Gasteiger partial charge in [-0.15, -0.1) is 0 Å². The lowest BCUT2D eigenvalue weighted by Gasteiger charge is -2.33. The van der Waals surface area contributed by atoms with Crippen molar-refractivity contribution in [1.29, 1.82) is 5.26 Å². The molecule has 3 atom stereocenters. The number of halogens is 3. The summed E-state index contributed by atoms with van der Waals surface area (Å²) in [6.45, 7) is -1.20. The molecular weight excluding hydrogens is 446 g/mol.